The number of primary amides is 1. The zero-order valence-corrected chi connectivity index (χ0v) is 24.7. The van der Waals surface area contributed by atoms with Crippen LogP contribution in [0.1, 0.15) is 61.1 Å². The van der Waals surface area contributed by atoms with Crippen LogP contribution in [0.25, 0.3) is 0 Å². The summed E-state index contributed by atoms with van der Waals surface area (Å²) in [6, 6.07) is 0.442. The van der Waals surface area contributed by atoms with Crippen LogP contribution in [0.2, 0.25) is 5.02 Å². The summed E-state index contributed by atoms with van der Waals surface area (Å²) in [5.74, 6) is -6.06. The van der Waals surface area contributed by atoms with E-state index in [-0.39, 0.29) is 41.7 Å². The smallest absolute Gasteiger partial charge is 0.255 e. The minimum absolute atomic E-state index is 0.0202. The van der Waals surface area contributed by atoms with E-state index in [1.807, 2.05) is 0 Å². The van der Waals surface area contributed by atoms with E-state index in [4.69, 9.17) is 17.3 Å². The Balaban J connectivity index is 1.65. The third kappa shape index (κ3) is 4.21. The summed E-state index contributed by atoms with van der Waals surface area (Å²) in [7, 11) is 3.19. The van der Waals surface area contributed by atoms with E-state index in [2.05, 4.69) is 25.7 Å². The lowest BCUT2D eigenvalue weighted by molar-refractivity contribution is -0.148. The Kier molecular flexibility index (Phi) is 7.29. The standard InChI is InChI=1S/C30H38ClN3O7/c1-12(2)11-34-7-6-13(3)23(34)16-10-18(35)20-15(22(16)31)8-14-9-17-24(33(4)5)26(37)21(29(32)40)28(39)30(17,41)27(38)19(14)25(20)36/h10,12-14,17,23-24,35,37-38,41H,6-9,11H2,1-5H3,(H2,32,40)/t13?,14-,17-,23?,24-,30-/m0/s1. The molecule has 10 nitrogen and oxygen atoms in total. The number of amides is 1. The number of nitrogens with two attached hydrogens (primary N) is 1. The first kappa shape index (κ1) is 29.6. The van der Waals surface area contributed by atoms with Crippen LogP contribution in [0.5, 0.6) is 5.75 Å². The van der Waals surface area contributed by atoms with Gasteiger partial charge in [-0.3, -0.25) is 24.2 Å². The Morgan fingerprint density at radius 3 is 2.49 bits per heavy atom. The number of allylic oxidation sites excluding steroid dienone is 1. The van der Waals surface area contributed by atoms with Crippen LogP contribution in [0.15, 0.2) is 28.7 Å². The topological polar surface area (TPSA) is 165 Å². The second-order valence-corrected chi connectivity index (χ2v) is 13.1. The molecule has 1 aromatic carbocycles. The van der Waals surface area contributed by atoms with Crippen LogP contribution in [-0.4, -0.2) is 86.5 Å². The number of likely N-dealkylation sites (tertiary alicyclic amines) is 1. The highest BCUT2D eigenvalue weighted by molar-refractivity contribution is 6.33. The largest absolute Gasteiger partial charge is 0.510 e. The fourth-order valence-electron chi connectivity index (χ4n) is 7.73. The van der Waals surface area contributed by atoms with Crippen molar-refractivity contribution in [2.75, 3.05) is 27.2 Å². The molecule has 11 heteroatoms. The van der Waals surface area contributed by atoms with Crippen LogP contribution < -0.4 is 5.73 Å². The molecule has 1 amide bonds. The normalized spacial score (nSPS) is 32.1. The second kappa shape index (κ2) is 10.1. The van der Waals surface area contributed by atoms with Crippen molar-refractivity contribution in [3.8, 4) is 5.75 Å². The summed E-state index contributed by atoms with van der Waals surface area (Å²) in [5, 5.41) is 45.7. The van der Waals surface area contributed by atoms with E-state index in [1.165, 1.54) is 11.0 Å². The molecule has 1 fully saturated rings. The summed E-state index contributed by atoms with van der Waals surface area (Å²) in [4.78, 5) is 43.4. The van der Waals surface area contributed by atoms with Crippen molar-refractivity contribution >= 4 is 29.1 Å². The van der Waals surface area contributed by atoms with Crippen LogP contribution in [0.4, 0.5) is 0 Å². The Labute approximate surface area is 244 Å². The average molecular weight is 588 g/mol. The lowest BCUT2D eigenvalue weighted by Gasteiger charge is -2.50. The fourth-order valence-corrected chi connectivity index (χ4v) is 8.07. The van der Waals surface area contributed by atoms with E-state index in [0.29, 0.717) is 16.5 Å². The second-order valence-electron chi connectivity index (χ2n) is 12.7. The molecule has 0 radical (unpaired) electrons. The van der Waals surface area contributed by atoms with E-state index < -0.39 is 58.0 Å². The summed E-state index contributed by atoms with van der Waals surface area (Å²) >= 11 is 7.04. The Hall–Kier alpha value is -2.92. The number of carbonyl (C=O) groups excluding carboxylic acids is 3. The molecule has 1 heterocycles. The highest BCUT2D eigenvalue weighted by atomic mass is 35.5. The van der Waals surface area contributed by atoms with Gasteiger partial charge in [0.2, 0.25) is 5.78 Å². The Bertz CT molecular complexity index is 1420. The van der Waals surface area contributed by atoms with Crippen molar-refractivity contribution in [3.05, 3.63) is 50.4 Å². The number of nitrogens with zero attached hydrogens (tertiary/aromatic N) is 2. The number of aromatic hydroxyl groups is 1. The van der Waals surface area contributed by atoms with Gasteiger partial charge in [-0.25, -0.2) is 0 Å². The van der Waals surface area contributed by atoms with Gasteiger partial charge in [0, 0.05) is 29.1 Å². The van der Waals surface area contributed by atoms with Gasteiger partial charge in [-0.1, -0.05) is 32.4 Å². The first-order valence-corrected chi connectivity index (χ1v) is 14.4. The van der Waals surface area contributed by atoms with E-state index in [0.717, 1.165) is 25.1 Å². The predicted molar refractivity (Wildman–Crippen MR) is 152 cm³/mol. The molecule has 41 heavy (non-hydrogen) atoms. The Morgan fingerprint density at radius 1 is 1.24 bits per heavy atom. The first-order valence-electron chi connectivity index (χ1n) is 14.1. The highest BCUT2D eigenvalue weighted by Crippen LogP contribution is 2.54. The number of aliphatic hydroxyl groups is 3. The lowest BCUT2D eigenvalue weighted by Crippen LogP contribution is -2.63. The molecule has 0 bridgehead atoms. The molecule has 1 saturated heterocycles. The summed E-state index contributed by atoms with van der Waals surface area (Å²) in [6.45, 7) is 8.18. The van der Waals surface area contributed by atoms with Crippen LogP contribution in [-0.2, 0) is 16.0 Å². The van der Waals surface area contributed by atoms with Crippen molar-refractivity contribution in [3.63, 3.8) is 0 Å². The van der Waals surface area contributed by atoms with Gasteiger partial charge < -0.3 is 26.2 Å². The summed E-state index contributed by atoms with van der Waals surface area (Å²) < 4.78 is 0. The molecule has 222 valence electrons. The summed E-state index contributed by atoms with van der Waals surface area (Å²) in [6.07, 6.45) is 1.16. The van der Waals surface area contributed by atoms with Gasteiger partial charge in [0.15, 0.2) is 11.4 Å². The SMILES string of the molecule is CC(C)CN1CCC(C)C1c1cc(O)c2c(c1Cl)C[C@H]1C[C@H]3[C@H](N(C)C)C(O)=C(C(N)=O)C(=O)[C@@]3(O)C(O)=C1C2=O. The third-order valence-corrected chi connectivity index (χ3v) is 9.85. The molecule has 6 N–H and O–H groups in total. The van der Waals surface area contributed by atoms with Gasteiger partial charge in [0.25, 0.3) is 5.91 Å². The zero-order valence-electron chi connectivity index (χ0n) is 23.9. The minimum Gasteiger partial charge on any atom is -0.510 e. The highest BCUT2D eigenvalue weighted by Gasteiger charge is 2.63. The number of carbonyl (C=O) groups is 3. The number of likely N-dealkylation sites (N-methyl/N-ethyl adjacent to an activating group) is 1. The molecular formula is C30H38ClN3O7. The maximum absolute atomic E-state index is 13.9. The molecule has 5 rings (SSSR count). The van der Waals surface area contributed by atoms with Crippen molar-refractivity contribution in [1.82, 2.24) is 9.80 Å². The molecule has 0 spiro atoms. The minimum atomic E-state index is -2.67. The first-order chi connectivity index (χ1) is 19.1. The van der Waals surface area contributed by atoms with E-state index in [1.54, 1.807) is 14.1 Å². The van der Waals surface area contributed by atoms with Gasteiger partial charge in [0.1, 0.15) is 22.8 Å². The molecule has 4 aliphatic rings. The number of Topliss-reactive ketones (excluding diaryl/α,β-unsaturated/α-hetero) is 2. The number of hydrogen-bond donors (Lipinski definition) is 5. The monoisotopic (exact) mass is 587 g/mol. The molecular weight excluding hydrogens is 550 g/mol. The van der Waals surface area contributed by atoms with Crippen molar-refractivity contribution in [2.45, 2.75) is 57.7 Å². The van der Waals surface area contributed by atoms with Gasteiger partial charge in [0.05, 0.1) is 11.6 Å². The fraction of sp³-hybridized carbons (Fsp3) is 0.567. The van der Waals surface area contributed by atoms with Crippen LogP contribution >= 0.6 is 11.6 Å². The Morgan fingerprint density at radius 2 is 1.90 bits per heavy atom. The summed E-state index contributed by atoms with van der Waals surface area (Å²) in [5.41, 5.74) is 2.83. The van der Waals surface area contributed by atoms with Crippen LogP contribution in [0.3, 0.4) is 0 Å². The number of fused-ring (bicyclic) bond motifs is 3. The molecule has 0 aromatic heterocycles. The number of hydrogen-bond acceptors (Lipinski definition) is 9. The van der Waals surface area contributed by atoms with Gasteiger partial charge >= 0.3 is 0 Å². The molecule has 2 unspecified atom stereocenters. The number of halogens is 1. The number of rotatable bonds is 5. The quantitative estimate of drug-likeness (QED) is 0.326. The van der Waals surface area contributed by atoms with Crippen molar-refractivity contribution < 1.29 is 34.8 Å². The van der Waals surface area contributed by atoms with E-state index in [9.17, 15) is 34.8 Å². The zero-order chi connectivity index (χ0) is 30.3. The maximum atomic E-state index is 13.9. The number of benzene rings is 1. The average Bonchev–Trinajstić information content (AvgIpc) is 3.21. The number of ketones is 2. The molecule has 0 saturated carbocycles. The van der Waals surface area contributed by atoms with Gasteiger partial charge in [-0.05, 0) is 74.8 Å². The predicted octanol–water partition coefficient (Wildman–Crippen LogP) is 2.81. The number of aliphatic hydroxyl groups excluding tert-OH is 2. The van der Waals surface area contributed by atoms with E-state index >= 15 is 0 Å². The van der Waals surface area contributed by atoms with Gasteiger partial charge in [-0.2, -0.15) is 0 Å². The van der Waals surface area contributed by atoms with Crippen molar-refractivity contribution in [2.24, 2.45) is 29.4 Å². The van der Waals surface area contributed by atoms with Crippen LogP contribution in [0, 0.1) is 23.7 Å². The molecule has 1 aliphatic heterocycles. The lowest BCUT2D eigenvalue weighted by atomic mass is 9.58. The maximum Gasteiger partial charge on any atom is 0.255 e. The van der Waals surface area contributed by atoms with Crippen molar-refractivity contribution in [1.29, 1.82) is 0 Å². The number of phenols is 1. The molecule has 1 aromatic rings. The number of phenolic OH excluding ortho intramolecular Hbond substituents is 1. The molecule has 3 aliphatic carbocycles. The third-order valence-electron chi connectivity index (χ3n) is 9.41. The molecule has 6 atom stereocenters. The van der Waals surface area contributed by atoms with Gasteiger partial charge in [-0.15, -0.1) is 0 Å².